The smallest absolute Gasteiger partial charge is 0.216 e. The Balaban J connectivity index is 2.55. The van der Waals surface area contributed by atoms with E-state index >= 15 is 0 Å². The van der Waals surface area contributed by atoms with Crippen molar-refractivity contribution in [1.29, 1.82) is 0 Å². The highest BCUT2D eigenvalue weighted by molar-refractivity contribution is 7.89. The summed E-state index contributed by atoms with van der Waals surface area (Å²) in [4.78, 5) is 0. The highest BCUT2D eigenvalue weighted by Gasteiger charge is 2.28. The van der Waals surface area contributed by atoms with Crippen molar-refractivity contribution in [1.82, 2.24) is 4.31 Å². The molecular formula is C10H21NO5S. The maximum Gasteiger partial charge on any atom is 0.216 e. The van der Waals surface area contributed by atoms with Crippen molar-refractivity contribution >= 4 is 10.0 Å². The van der Waals surface area contributed by atoms with Gasteiger partial charge in [0, 0.05) is 26.8 Å². The fourth-order valence-corrected chi connectivity index (χ4v) is 3.47. The number of ether oxygens (including phenoxy) is 2. The van der Waals surface area contributed by atoms with E-state index in [1.165, 1.54) is 11.4 Å². The largest absolute Gasteiger partial charge is 0.395 e. The fraction of sp³-hybridized carbons (Fsp3) is 1.00. The molecule has 0 aromatic heterocycles. The lowest BCUT2D eigenvalue weighted by Gasteiger charge is -2.22. The third-order valence-electron chi connectivity index (χ3n) is 2.71. The van der Waals surface area contributed by atoms with Crippen molar-refractivity contribution < 1.29 is 23.0 Å². The van der Waals surface area contributed by atoms with E-state index in [1.54, 1.807) is 0 Å². The van der Waals surface area contributed by atoms with Crippen LogP contribution in [0.2, 0.25) is 0 Å². The van der Waals surface area contributed by atoms with Gasteiger partial charge in [0.25, 0.3) is 0 Å². The van der Waals surface area contributed by atoms with Gasteiger partial charge >= 0.3 is 0 Å². The zero-order chi connectivity index (χ0) is 12.7. The molecule has 17 heavy (non-hydrogen) atoms. The topological polar surface area (TPSA) is 76.1 Å². The lowest BCUT2D eigenvalue weighted by atomic mass is 10.3. The van der Waals surface area contributed by atoms with Gasteiger partial charge in [0.15, 0.2) is 0 Å². The SMILES string of the molecule is COCCN(CCO)S(=O)(=O)CC1CCCO1. The number of sulfonamides is 1. The van der Waals surface area contributed by atoms with Gasteiger partial charge in [-0.3, -0.25) is 0 Å². The van der Waals surface area contributed by atoms with E-state index in [4.69, 9.17) is 14.6 Å². The molecule has 1 saturated heterocycles. The molecule has 6 nitrogen and oxygen atoms in total. The van der Waals surface area contributed by atoms with Gasteiger partial charge < -0.3 is 14.6 Å². The lowest BCUT2D eigenvalue weighted by molar-refractivity contribution is 0.125. The molecule has 1 aliphatic heterocycles. The Morgan fingerprint density at radius 3 is 2.76 bits per heavy atom. The molecule has 0 aliphatic carbocycles. The molecule has 1 heterocycles. The second kappa shape index (κ2) is 7.27. The Labute approximate surface area is 103 Å². The second-order valence-corrected chi connectivity index (χ2v) is 6.04. The molecule has 1 N–H and O–H groups in total. The Bertz CT molecular complexity index is 300. The van der Waals surface area contributed by atoms with Gasteiger partial charge in [-0.2, -0.15) is 4.31 Å². The Morgan fingerprint density at radius 2 is 2.24 bits per heavy atom. The van der Waals surface area contributed by atoms with Crippen LogP contribution in [0.5, 0.6) is 0 Å². The summed E-state index contributed by atoms with van der Waals surface area (Å²) in [6, 6.07) is 0. The zero-order valence-corrected chi connectivity index (χ0v) is 11.0. The first-order chi connectivity index (χ1) is 8.10. The molecule has 1 atom stereocenters. The maximum atomic E-state index is 12.1. The van der Waals surface area contributed by atoms with Crippen LogP contribution in [0.15, 0.2) is 0 Å². The van der Waals surface area contributed by atoms with Crippen molar-refractivity contribution in [3.63, 3.8) is 0 Å². The predicted octanol–water partition coefficient (Wildman–Crippen LogP) is -0.564. The van der Waals surface area contributed by atoms with Gasteiger partial charge in [-0.1, -0.05) is 0 Å². The summed E-state index contributed by atoms with van der Waals surface area (Å²) in [5, 5.41) is 8.88. The van der Waals surface area contributed by atoms with Crippen LogP contribution in [-0.4, -0.2) is 69.7 Å². The van der Waals surface area contributed by atoms with Crippen LogP contribution in [0.1, 0.15) is 12.8 Å². The molecule has 0 spiro atoms. The average molecular weight is 267 g/mol. The predicted molar refractivity (Wildman–Crippen MR) is 63.3 cm³/mol. The van der Waals surface area contributed by atoms with Crippen LogP contribution in [0, 0.1) is 0 Å². The molecule has 0 radical (unpaired) electrons. The first-order valence-corrected chi connectivity index (χ1v) is 7.40. The first-order valence-electron chi connectivity index (χ1n) is 5.79. The third kappa shape index (κ3) is 4.89. The molecule has 1 aliphatic rings. The molecule has 0 amide bonds. The van der Waals surface area contributed by atoms with Crippen LogP contribution >= 0.6 is 0 Å². The number of hydrogen-bond donors (Lipinski definition) is 1. The van der Waals surface area contributed by atoms with Crippen molar-refractivity contribution in [2.75, 3.05) is 45.8 Å². The molecule has 102 valence electrons. The van der Waals surface area contributed by atoms with E-state index in [9.17, 15) is 8.42 Å². The molecule has 0 aromatic carbocycles. The van der Waals surface area contributed by atoms with E-state index in [2.05, 4.69) is 0 Å². The van der Waals surface area contributed by atoms with Crippen molar-refractivity contribution in [2.24, 2.45) is 0 Å². The maximum absolute atomic E-state index is 12.1. The molecular weight excluding hydrogens is 246 g/mol. The fourth-order valence-electron chi connectivity index (χ4n) is 1.81. The highest BCUT2D eigenvalue weighted by atomic mass is 32.2. The van der Waals surface area contributed by atoms with Gasteiger partial charge in [-0.25, -0.2) is 8.42 Å². The summed E-state index contributed by atoms with van der Waals surface area (Å²) >= 11 is 0. The van der Waals surface area contributed by atoms with Crippen LogP contribution in [-0.2, 0) is 19.5 Å². The normalized spacial score (nSPS) is 21.2. The van der Waals surface area contributed by atoms with E-state index in [0.717, 1.165) is 12.8 Å². The zero-order valence-electron chi connectivity index (χ0n) is 10.2. The van der Waals surface area contributed by atoms with Gasteiger partial charge in [-0.05, 0) is 12.8 Å². The van der Waals surface area contributed by atoms with E-state index in [-0.39, 0.29) is 31.6 Å². The average Bonchev–Trinajstić information content (AvgIpc) is 2.75. The summed E-state index contributed by atoms with van der Waals surface area (Å²) in [5.74, 6) is -0.00326. The van der Waals surface area contributed by atoms with Gasteiger partial charge in [0.2, 0.25) is 10.0 Å². The van der Waals surface area contributed by atoms with E-state index in [1.807, 2.05) is 0 Å². The molecule has 0 bridgehead atoms. The minimum Gasteiger partial charge on any atom is -0.395 e. The number of aliphatic hydroxyl groups excluding tert-OH is 1. The summed E-state index contributed by atoms with van der Waals surface area (Å²) in [6.07, 6.45) is 1.50. The van der Waals surface area contributed by atoms with Crippen molar-refractivity contribution in [3.05, 3.63) is 0 Å². The van der Waals surface area contributed by atoms with Crippen LogP contribution in [0.25, 0.3) is 0 Å². The lowest BCUT2D eigenvalue weighted by Crippen LogP contribution is -2.40. The molecule has 0 aromatic rings. The van der Waals surface area contributed by atoms with Crippen molar-refractivity contribution in [2.45, 2.75) is 18.9 Å². The number of nitrogens with zero attached hydrogens (tertiary/aromatic N) is 1. The third-order valence-corrected chi connectivity index (χ3v) is 4.65. The molecule has 0 saturated carbocycles. The molecule has 1 fully saturated rings. The standard InChI is InChI=1S/C10H21NO5S/c1-15-8-5-11(4-6-12)17(13,14)9-10-3-2-7-16-10/h10,12H,2-9H2,1H3. The number of aliphatic hydroxyl groups is 1. The van der Waals surface area contributed by atoms with Gasteiger partial charge in [0.05, 0.1) is 25.1 Å². The quantitative estimate of drug-likeness (QED) is 0.638. The second-order valence-electron chi connectivity index (χ2n) is 4.03. The molecule has 1 unspecified atom stereocenters. The van der Waals surface area contributed by atoms with Crippen LogP contribution in [0.3, 0.4) is 0 Å². The number of hydrogen-bond acceptors (Lipinski definition) is 5. The molecule has 7 heteroatoms. The Kier molecular flexibility index (Phi) is 6.35. The van der Waals surface area contributed by atoms with Gasteiger partial charge in [0.1, 0.15) is 0 Å². The van der Waals surface area contributed by atoms with E-state index in [0.29, 0.717) is 13.2 Å². The minimum atomic E-state index is -3.37. The highest BCUT2D eigenvalue weighted by Crippen LogP contribution is 2.15. The van der Waals surface area contributed by atoms with Crippen molar-refractivity contribution in [3.8, 4) is 0 Å². The van der Waals surface area contributed by atoms with Crippen LogP contribution < -0.4 is 0 Å². The van der Waals surface area contributed by atoms with E-state index < -0.39 is 10.0 Å². The summed E-state index contributed by atoms with van der Waals surface area (Å²) in [6.45, 7) is 1.15. The summed E-state index contributed by atoms with van der Waals surface area (Å²) in [5.41, 5.74) is 0. The van der Waals surface area contributed by atoms with Crippen LogP contribution in [0.4, 0.5) is 0 Å². The Hall–Kier alpha value is -0.210. The first kappa shape index (κ1) is 14.8. The Morgan fingerprint density at radius 1 is 1.47 bits per heavy atom. The summed E-state index contributed by atoms with van der Waals surface area (Å²) < 4.78 is 35.6. The van der Waals surface area contributed by atoms with Gasteiger partial charge in [-0.15, -0.1) is 0 Å². The number of methoxy groups -OCH3 is 1. The molecule has 1 rings (SSSR count). The monoisotopic (exact) mass is 267 g/mol. The number of rotatable bonds is 8. The minimum absolute atomic E-state index is 0.00326. The summed E-state index contributed by atoms with van der Waals surface area (Å²) in [7, 11) is -1.85.